The fourth-order valence-electron chi connectivity index (χ4n) is 3.18. The molecule has 0 aliphatic rings. The minimum Gasteiger partial charge on any atom is -0.493 e. The predicted molar refractivity (Wildman–Crippen MR) is 122 cm³/mol. The average Bonchev–Trinajstić information content (AvgIpc) is 2.78. The third-order valence-electron chi connectivity index (χ3n) is 5.04. The highest BCUT2D eigenvalue weighted by Gasteiger charge is 2.12. The minimum atomic E-state index is -0.349. The van der Waals surface area contributed by atoms with Crippen molar-refractivity contribution >= 4 is 5.69 Å². The van der Waals surface area contributed by atoms with Crippen LogP contribution in [0, 0.1) is 5.82 Å². The Labute approximate surface area is 185 Å². The first-order valence-corrected chi connectivity index (χ1v) is 10.7. The number of benzene rings is 2. The summed E-state index contributed by atoms with van der Waals surface area (Å²) in [5.41, 5.74) is 1.85. The van der Waals surface area contributed by atoms with Crippen molar-refractivity contribution in [3.8, 4) is 17.2 Å². The second-order valence-corrected chi connectivity index (χ2v) is 7.17. The van der Waals surface area contributed by atoms with Gasteiger partial charge in [0.15, 0.2) is 23.1 Å². The van der Waals surface area contributed by atoms with Crippen LogP contribution < -0.4 is 19.1 Å². The van der Waals surface area contributed by atoms with E-state index in [4.69, 9.17) is 18.9 Å². The van der Waals surface area contributed by atoms with E-state index in [0.29, 0.717) is 44.4 Å². The Morgan fingerprint density at radius 3 is 2.23 bits per heavy atom. The average molecular weight is 435 g/mol. The Kier molecular flexibility index (Phi) is 10.4. The van der Waals surface area contributed by atoms with Crippen molar-refractivity contribution in [3.05, 3.63) is 47.8 Å². The molecule has 0 heterocycles. The summed E-state index contributed by atoms with van der Waals surface area (Å²) in [5.74, 6) is 1.27. The quantitative estimate of drug-likeness (QED) is 0.415. The molecule has 0 bridgehead atoms. The molecule has 0 fully saturated rings. The van der Waals surface area contributed by atoms with Gasteiger partial charge in [-0.15, -0.1) is 0 Å². The molecule has 0 unspecified atom stereocenters. The molecule has 0 spiro atoms. The molecule has 0 saturated carbocycles. The van der Waals surface area contributed by atoms with E-state index >= 15 is 0 Å². The van der Waals surface area contributed by atoms with Crippen LogP contribution in [0.4, 0.5) is 10.1 Å². The Morgan fingerprint density at radius 1 is 0.871 bits per heavy atom. The molecule has 0 aliphatic carbocycles. The first-order valence-electron chi connectivity index (χ1n) is 10.7. The molecule has 2 aromatic carbocycles. The second-order valence-electron chi connectivity index (χ2n) is 7.17. The van der Waals surface area contributed by atoms with Crippen molar-refractivity contribution in [1.29, 1.82) is 0 Å². The first kappa shape index (κ1) is 24.8. The van der Waals surface area contributed by atoms with Gasteiger partial charge < -0.3 is 28.7 Å². The lowest BCUT2D eigenvalue weighted by atomic mass is 10.1. The topological polar surface area (TPSA) is 43.4 Å². The molecule has 0 aliphatic heterocycles. The van der Waals surface area contributed by atoms with Gasteiger partial charge >= 0.3 is 0 Å². The molecule has 0 amide bonds. The summed E-state index contributed by atoms with van der Waals surface area (Å²) < 4.78 is 36.3. The molecule has 172 valence electrons. The number of rotatable bonds is 14. The largest absolute Gasteiger partial charge is 0.493 e. The number of ether oxygens (including phenoxy) is 4. The number of likely N-dealkylation sites (N-methyl/N-ethyl adjacent to an activating group) is 1. The smallest absolute Gasteiger partial charge is 0.165 e. The molecule has 0 atom stereocenters. The summed E-state index contributed by atoms with van der Waals surface area (Å²) in [7, 11) is 5.22. The summed E-state index contributed by atoms with van der Waals surface area (Å²) in [6.07, 6.45) is 0. The van der Waals surface area contributed by atoms with E-state index in [1.54, 1.807) is 20.3 Å². The molecule has 7 heteroatoms. The number of hydrogen-bond acceptors (Lipinski definition) is 6. The Hall–Kier alpha value is -2.51. The fraction of sp³-hybridized carbons (Fsp3) is 0.500. The lowest BCUT2D eigenvalue weighted by Crippen LogP contribution is -2.28. The van der Waals surface area contributed by atoms with Crippen LogP contribution in [0.25, 0.3) is 0 Å². The molecule has 0 N–H and O–H groups in total. The Bertz CT molecular complexity index is 803. The van der Waals surface area contributed by atoms with Gasteiger partial charge in [0.2, 0.25) is 0 Å². The number of anilines is 1. The molecule has 31 heavy (non-hydrogen) atoms. The predicted octanol–water partition coefficient (Wildman–Crippen LogP) is 4.22. The normalized spacial score (nSPS) is 10.9. The van der Waals surface area contributed by atoms with Gasteiger partial charge in [-0.05, 0) is 50.7 Å². The zero-order valence-electron chi connectivity index (χ0n) is 19.3. The van der Waals surface area contributed by atoms with Gasteiger partial charge in [-0.1, -0.05) is 6.07 Å². The maximum absolute atomic E-state index is 14.6. The second kappa shape index (κ2) is 13.0. The highest BCUT2D eigenvalue weighted by molar-refractivity contribution is 5.56. The standard InChI is InChI=1S/C24H35FN2O4/c1-6-27(20-9-11-23(28-4)24(17-20)29-5)18-19-8-10-22(21(25)16-19)31-15-13-26(3)12-14-30-7-2/h8-11,16-17H,6-7,12-15,18H2,1-5H3. The van der Waals surface area contributed by atoms with Crippen LogP contribution in [0.2, 0.25) is 0 Å². The van der Waals surface area contributed by atoms with E-state index in [0.717, 1.165) is 24.3 Å². The van der Waals surface area contributed by atoms with Gasteiger partial charge in [0, 0.05) is 44.5 Å². The van der Waals surface area contributed by atoms with Crippen molar-refractivity contribution in [2.75, 3.05) is 65.6 Å². The van der Waals surface area contributed by atoms with E-state index in [-0.39, 0.29) is 11.6 Å². The van der Waals surface area contributed by atoms with Crippen LogP contribution in [0.3, 0.4) is 0 Å². The van der Waals surface area contributed by atoms with Crippen molar-refractivity contribution in [3.63, 3.8) is 0 Å². The van der Waals surface area contributed by atoms with E-state index in [1.165, 1.54) is 6.07 Å². The molecule has 0 radical (unpaired) electrons. The van der Waals surface area contributed by atoms with Gasteiger partial charge in [-0.3, -0.25) is 0 Å². The lowest BCUT2D eigenvalue weighted by Gasteiger charge is -2.24. The third-order valence-corrected chi connectivity index (χ3v) is 5.04. The molecule has 6 nitrogen and oxygen atoms in total. The Morgan fingerprint density at radius 2 is 1.58 bits per heavy atom. The lowest BCUT2D eigenvalue weighted by molar-refractivity contribution is 0.116. The molecular weight excluding hydrogens is 399 g/mol. The van der Waals surface area contributed by atoms with E-state index < -0.39 is 0 Å². The van der Waals surface area contributed by atoms with Crippen LogP contribution in [0.1, 0.15) is 19.4 Å². The number of hydrogen-bond donors (Lipinski definition) is 0. The van der Waals surface area contributed by atoms with Crippen LogP contribution in [0.15, 0.2) is 36.4 Å². The summed E-state index contributed by atoms with van der Waals surface area (Å²) in [6, 6.07) is 10.9. The van der Waals surface area contributed by atoms with Gasteiger partial charge in [0.05, 0.1) is 20.8 Å². The van der Waals surface area contributed by atoms with Gasteiger partial charge in [-0.25, -0.2) is 4.39 Å². The summed E-state index contributed by atoms with van der Waals surface area (Å²) in [4.78, 5) is 4.24. The third kappa shape index (κ3) is 7.60. The summed E-state index contributed by atoms with van der Waals surface area (Å²) in [5, 5.41) is 0. The number of methoxy groups -OCH3 is 2. The molecule has 2 aromatic rings. The van der Waals surface area contributed by atoms with Gasteiger partial charge in [-0.2, -0.15) is 0 Å². The maximum Gasteiger partial charge on any atom is 0.165 e. The van der Waals surface area contributed by atoms with Crippen molar-refractivity contribution in [1.82, 2.24) is 4.90 Å². The van der Waals surface area contributed by atoms with E-state index in [9.17, 15) is 4.39 Å². The summed E-state index contributed by atoms with van der Waals surface area (Å²) >= 11 is 0. The monoisotopic (exact) mass is 434 g/mol. The van der Waals surface area contributed by atoms with Crippen LogP contribution in [-0.4, -0.2) is 65.6 Å². The SMILES string of the molecule is CCOCCN(C)CCOc1ccc(CN(CC)c2ccc(OC)c(OC)c2)cc1F. The van der Waals surface area contributed by atoms with Crippen LogP contribution >= 0.6 is 0 Å². The molecule has 0 aromatic heterocycles. The molecular formula is C24H35FN2O4. The van der Waals surface area contributed by atoms with Crippen molar-refractivity contribution < 1.29 is 23.3 Å². The zero-order valence-corrected chi connectivity index (χ0v) is 19.3. The Balaban J connectivity index is 1.96. The van der Waals surface area contributed by atoms with Gasteiger partial charge in [0.1, 0.15) is 6.61 Å². The minimum absolute atomic E-state index is 0.274. The molecule has 2 rings (SSSR count). The van der Waals surface area contributed by atoms with Crippen molar-refractivity contribution in [2.45, 2.75) is 20.4 Å². The first-order chi connectivity index (χ1) is 15.0. The zero-order chi connectivity index (χ0) is 22.6. The van der Waals surface area contributed by atoms with E-state index in [2.05, 4.69) is 16.7 Å². The van der Waals surface area contributed by atoms with E-state index in [1.807, 2.05) is 38.2 Å². The van der Waals surface area contributed by atoms with Crippen LogP contribution in [-0.2, 0) is 11.3 Å². The highest BCUT2D eigenvalue weighted by atomic mass is 19.1. The van der Waals surface area contributed by atoms with Crippen molar-refractivity contribution in [2.24, 2.45) is 0 Å². The number of halogens is 1. The van der Waals surface area contributed by atoms with Gasteiger partial charge in [0.25, 0.3) is 0 Å². The maximum atomic E-state index is 14.6. The highest BCUT2D eigenvalue weighted by Crippen LogP contribution is 2.32. The molecule has 0 saturated heterocycles. The van der Waals surface area contributed by atoms with Crippen LogP contribution in [0.5, 0.6) is 17.2 Å². The summed E-state index contributed by atoms with van der Waals surface area (Å²) in [6.45, 7) is 8.72. The fourth-order valence-corrected chi connectivity index (χ4v) is 3.18. The number of nitrogens with zero attached hydrogens (tertiary/aromatic N) is 2.